The number of hydrogen-bond donors (Lipinski definition) is 4. The Morgan fingerprint density at radius 2 is 1.62 bits per heavy atom. The van der Waals surface area contributed by atoms with Gasteiger partial charge in [-0.3, -0.25) is 4.55 Å². The first-order chi connectivity index (χ1) is 10.9. The third-order valence-corrected chi connectivity index (χ3v) is 3.55. The van der Waals surface area contributed by atoms with Crippen molar-refractivity contribution in [2.75, 3.05) is 19.1 Å². The van der Waals surface area contributed by atoms with Crippen molar-refractivity contribution < 1.29 is 36.4 Å². The van der Waals surface area contributed by atoms with E-state index in [-0.39, 0.29) is 11.5 Å². The number of anilines is 1. The lowest BCUT2D eigenvalue weighted by molar-refractivity contribution is -0.0510. The molecule has 2 aromatic carbocycles. The molecule has 0 aliphatic heterocycles. The van der Waals surface area contributed by atoms with Crippen LogP contribution in [-0.2, 0) is 10.1 Å². The molecule has 4 N–H and O–H groups in total. The SMILES string of the molecule is CNN(C)c1ccc(O)c2cccc(O)c12.O=S(=O)(O)C(F)(F)F. The maximum Gasteiger partial charge on any atom is 0.522 e. The highest BCUT2D eigenvalue weighted by atomic mass is 32.2. The number of benzene rings is 2. The van der Waals surface area contributed by atoms with Crippen molar-refractivity contribution in [2.24, 2.45) is 0 Å². The number of nitrogens with zero attached hydrogens (tertiary/aromatic N) is 1. The van der Waals surface area contributed by atoms with Gasteiger partial charge in [0, 0.05) is 19.5 Å². The maximum absolute atomic E-state index is 10.7. The van der Waals surface area contributed by atoms with E-state index in [1.54, 1.807) is 42.4 Å². The van der Waals surface area contributed by atoms with Crippen molar-refractivity contribution in [3.05, 3.63) is 30.3 Å². The van der Waals surface area contributed by atoms with Crippen molar-refractivity contribution in [3.63, 3.8) is 0 Å². The predicted molar refractivity (Wildman–Crippen MR) is 82.3 cm³/mol. The zero-order chi connectivity index (χ0) is 18.7. The number of hydrazine groups is 1. The molecule has 0 fully saturated rings. The van der Waals surface area contributed by atoms with Gasteiger partial charge in [0.05, 0.1) is 11.1 Å². The van der Waals surface area contributed by atoms with Gasteiger partial charge in [0.25, 0.3) is 0 Å². The molecular formula is C13H15F3N2O5S. The van der Waals surface area contributed by atoms with Gasteiger partial charge >= 0.3 is 15.6 Å². The average molecular weight is 368 g/mol. The molecule has 2 rings (SSSR count). The molecule has 0 aromatic heterocycles. The average Bonchev–Trinajstić information content (AvgIpc) is 2.46. The third-order valence-electron chi connectivity index (χ3n) is 2.96. The van der Waals surface area contributed by atoms with Gasteiger partial charge in [-0.1, -0.05) is 12.1 Å². The van der Waals surface area contributed by atoms with Gasteiger partial charge in [-0.2, -0.15) is 21.6 Å². The van der Waals surface area contributed by atoms with Crippen molar-refractivity contribution >= 4 is 26.6 Å². The van der Waals surface area contributed by atoms with E-state index in [1.165, 1.54) is 0 Å². The number of hydrogen-bond acceptors (Lipinski definition) is 6. The van der Waals surface area contributed by atoms with Crippen molar-refractivity contribution in [2.45, 2.75) is 5.51 Å². The summed E-state index contributed by atoms with van der Waals surface area (Å²) in [5, 5.41) is 22.6. The standard InChI is InChI=1S/C12H14N2O2.CHF3O3S/c1-13-14(2)9-6-7-10(15)8-4-3-5-11(16)12(8)9;2-1(3,4)8(5,6)7/h3-7,13,15-16H,1-2H3;(H,5,6,7). The maximum atomic E-state index is 10.7. The summed E-state index contributed by atoms with van der Waals surface area (Å²) >= 11 is 0. The largest absolute Gasteiger partial charge is 0.522 e. The van der Waals surface area contributed by atoms with Crippen LogP contribution < -0.4 is 10.4 Å². The van der Waals surface area contributed by atoms with Crippen LogP contribution in [0.3, 0.4) is 0 Å². The number of nitrogens with one attached hydrogen (secondary N) is 1. The molecule has 0 bridgehead atoms. The molecule has 0 saturated heterocycles. The summed E-state index contributed by atoms with van der Waals surface area (Å²) in [7, 11) is -2.20. The molecular weight excluding hydrogens is 353 g/mol. The van der Waals surface area contributed by atoms with Gasteiger partial charge in [0.2, 0.25) is 0 Å². The number of fused-ring (bicyclic) bond motifs is 1. The fourth-order valence-electron chi connectivity index (χ4n) is 1.75. The first-order valence-electron chi connectivity index (χ1n) is 6.28. The van der Waals surface area contributed by atoms with E-state index in [4.69, 9.17) is 13.0 Å². The zero-order valence-electron chi connectivity index (χ0n) is 12.5. The Balaban J connectivity index is 0.000000307. The molecule has 2 aromatic rings. The molecule has 0 aliphatic carbocycles. The Hall–Kier alpha value is -2.24. The van der Waals surface area contributed by atoms with Crippen LogP contribution >= 0.6 is 0 Å². The van der Waals surface area contributed by atoms with Gasteiger partial charge in [0.1, 0.15) is 11.5 Å². The molecule has 24 heavy (non-hydrogen) atoms. The molecule has 0 spiro atoms. The number of phenolic OH excluding ortho intramolecular Hbond substituents is 2. The molecule has 0 aliphatic rings. The van der Waals surface area contributed by atoms with E-state index in [9.17, 15) is 23.4 Å². The molecule has 0 heterocycles. The van der Waals surface area contributed by atoms with Crippen LogP contribution in [0.5, 0.6) is 11.5 Å². The van der Waals surface area contributed by atoms with Crippen LogP contribution in [0.15, 0.2) is 30.3 Å². The van der Waals surface area contributed by atoms with Crippen LogP contribution in [0.1, 0.15) is 0 Å². The lowest BCUT2D eigenvalue weighted by Crippen LogP contribution is -2.30. The van der Waals surface area contributed by atoms with E-state index in [1.807, 2.05) is 7.05 Å². The monoisotopic (exact) mass is 368 g/mol. The summed E-state index contributed by atoms with van der Waals surface area (Å²) in [6, 6.07) is 8.46. The molecule has 0 saturated carbocycles. The predicted octanol–water partition coefficient (Wildman–Crippen LogP) is 2.22. The Bertz CT molecular complexity index is 824. The Morgan fingerprint density at radius 3 is 2.08 bits per heavy atom. The van der Waals surface area contributed by atoms with Gasteiger partial charge in [-0.15, -0.1) is 0 Å². The summed E-state index contributed by atoms with van der Waals surface area (Å²) in [6.07, 6.45) is 0. The second-order valence-electron chi connectivity index (χ2n) is 4.51. The third kappa shape index (κ3) is 4.40. The van der Waals surface area contributed by atoms with Crippen LogP contribution in [0.4, 0.5) is 18.9 Å². The lowest BCUT2D eigenvalue weighted by Gasteiger charge is -2.20. The molecule has 0 atom stereocenters. The van der Waals surface area contributed by atoms with Gasteiger partial charge in [-0.25, -0.2) is 5.43 Å². The first-order valence-corrected chi connectivity index (χ1v) is 7.72. The van der Waals surface area contributed by atoms with Crippen LogP contribution in [0.2, 0.25) is 0 Å². The molecule has 7 nitrogen and oxygen atoms in total. The summed E-state index contributed by atoms with van der Waals surface area (Å²) < 4.78 is 57.5. The van der Waals surface area contributed by atoms with Gasteiger partial charge in [-0.05, 0) is 18.2 Å². The molecule has 11 heteroatoms. The molecule has 0 radical (unpaired) electrons. The van der Waals surface area contributed by atoms with Crippen LogP contribution in [0, 0.1) is 0 Å². The number of aromatic hydroxyl groups is 2. The number of phenols is 2. The number of rotatable bonds is 2. The minimum absolute atomic E-state index is 0.158. The Labute approximate surface area is 135 Å². The first kappa shape index (κ1) is 19.8. The second kappa shape index (κ2) is 7.11. The van der Waals surface area contributed by atoms with Crippen LogP contribution in [-0.4, -0.2) is 42.8 Å². The topological polar surface area (TPSA) is 110 Å². The van der Waals surface area contributed by atoms with Crippen molar-refractivity contribution in [3.8, 4) is 11.5 Å². The van der Waals surface area contributed by atoms with Crippen LogP contribution in [0.25, 0.3) is 10.8 Å². The lowest BCUT2D eigenvalue weighted by atomic mass is 10.1. The molecule has 134 valence electrons. The zero-order valence-corrected chi connectivity index (χ0v) is 13.4. The van der Waals surface area contributed by atoms with Gasteiger partial charge in [0.15, 0.2) is 0 Å². The second-order valence-corrected chi connectivity index (χ2v) is 5.92. The van der Waals surface area contributed by atoms with Crippen molar-refractivity contribution in [1.82, 2.24) is 5.43 Å². The summed E-state index contributed by atoms with van der Waals surface area (Å²) in [4.78, 5) is 0. The highest BCUT2D eigenvalue weighted by molar-refractivity contribution is 7.86. The van der Waals surface area contributed by atoms with Crippen molar-refractivity contribution in [1.29, 1.82) is 0 Å². The van der Waals surface area contributed by atoms with Gasteiger partial charge < -0.3 is 15.2 Å². The quantitative estimate of drug-likeness (QED) is 0.365. The highest BCUT2D eigenvalue weighted by Crippen LogP contribution is 2.37. The number of halogens is 3. The van der Waals surface area contributed by atoms with E-state index < -0.39 is 15.6 Å². The fraction of sp³-hybridized carbons (Fsp3) is 0.231. The Kier molecular flexibility index (Phi) is 5.87. The Morgan fingerprint density at radius 1 is 1.08 bits per heavy atom. The summed E-state index contributed by atoms with van der Waals surface area (Å²) in [6.45, 7) is 0. The normalized spacial score (nSPS) is 11.8. The van der Waals surface area contributed by atoms with E-state index in [0.717, 1.165) is 5.69 Å². The van der Waals surface area contributed by atoms with E-state index in [2.05, 4.69) is 5.43 Å². The molecule has 0 amide bonds. The minimum Gasteiger partial charge on any atom is -0.507 e. The van der Waals surface area contributed by atoms with E-state index >= 15 is 0 Å². The summed E-state index contributed by atoms with van der Waals surface area (Å²) in [5.74, 6) is 0.324. The summed E-state index contributed by atoms with van der Waals surface area (Å²) in [5.41, 5.74) is -1.76. The van der Waals surface area contributed by atoms with E-state index in [0.29, 0.717) is 10.8 Å². The number of alkyl halides is 3. The fourth-order valence-corrected chi connectivity index (χ4v) is 1.75. The molecule has 0 unspecified atom stereocenters. The highest BCUT2D eigenvalue weighted by Gasteiger charge is 2.44. The minimum atomic E-state index is -5.84. The smallest absolute Gasteiger partial charge is 0.507 e.